The second-order valence-corrected chi connectivity index (χ2v) is 6.22. The summed E-state index contributed by atoms with van der Waals surface area (Å²) in [6.07, 6.45) is 0. The average molecular weight is 371 g/mol. The summed E-state index contributed by atoms with van der Waals surface area (Å²) in [6.45, 7) is 8.47. The molecule has 0 aliphatic carbocycles. The Morgan fingerprint density at radius 1 is 1.04 bits per heavy atom. The molecule has 4 nitrogen and oxygen atoms in total. The van der Waals surface area contributed by atoms with E-state index in [1.807, 2.05) is 18.2 Å². The Morgan fingerprint density at radius 3 is 2.35 bits per heavy atom. The molecule has 1 N–H and O–H groups in total. The van der Waals surface area contributed by atoms with Crippen LogP contribution < -0.4 is 5.32 Å². The van der Waals surface area contributed by atoms with E-state index in [4.69, 9.17) is 9.72 Å². The highest BCUT2D eigenvalue weighted by Gasteiger charge is 2.08. The van der Waals surface area contributed by atoms with E-state index in [-0.39, 0.29) is 18.4 Å². The van der Waals surface area contributed by atoms with E-state index in [2.05, 4.69) is 38.2 Å². The minimum absolute atomic E-state index is 0. The minimum Gasteiger partial charge on any atom is -0.462 e. The van der Waals surface area contributed by atoms with Crippen LogP contribution in [0.3, 0.4) is 0 Å². The van der Waals surface area contributed by atoms with E-state index in [0.29, 0.717) is 12.2 Å². The normalized spacial score (nSPS) is 10.3. The number of rotatable bonds is 4. The fraction of sp³-hybridized carbons (Fsp3) is 0.238. The average Bonchev–Trinajstić information content (AvgIpc) is 2.54. The Kier molecular flexibility index (Phi) is 6.22. The second kappa shape index (κ2) is 8.19. The molecule has 0 radical (unpaired) electrons. The standard InChI is InChI=1S/C21H22N2O2.ClH/c1-5-25-21(24)16-6-8-17(9-7-16)22-19-12-15(4)20-14(3)10-13(2)11-18(20)23-19;/h6-12H,5H2,1-4H3,(H,22,23);1H. The summed E-state index contributed by atoms with van der Waals surface area (Å²) in [6, 6.07) is 13.5. The zero-order valence-electron chi connectivity index (χ0n) is 15.4. The Balaban J connectivity index is 0.00000243. The van der Waals surface area contributed by atoms with Gasteiger partial charge in [-0.2, -0.15) is 0 Å². The maximum Gasteiger partial charge on any atom is 0.338 e. The van der Waals surface area contributed by atoms with Crippen LogP contribution in [0.15, 0.2) is 42.5 Å². The summed E-state index contributed by atoms with van der Waals surface area (Å²) in [7, 11) is 0. The number of ether oxygens (including phenoxy) is 1. The van der Waals surface area contributed by atoms with Gasteiger partial charge in [0.15, 0.2) is 0 Å². The van der Waals surface area contributed by atoms with Crippen molar-refractivity contribution < 1.29 is 9.53 Å². The predicted octanol–water partition coefficient (Wildman–Crippen LogP) is 5.50. The van der Waals surface area contributed by atoms with Gasteiger partial charge in [0.2, 0.25) is 0 Å². The van der Waals surface area contributed by atoms with Crippen molar-refractivity contribution in [2.45, 2.75) is 27.7 Å². The number of anilines is 2. The van der Waals surface area contributed by atoms with Crippen molar-refractivity contribution in [3.8, 4) is 0 Å². The van der Waals surface area contributed by atoms with Gasteiger partial charge in [-0.15, -0.1) is 12.4 Å². The molecule has 3 aromatic rings. The fourth-order valence-electron chi connectivity index (χ4n) is 3.10. The third-order valence-corrected chi connectivity index (χ3v) is 4.12. The van der Waals surface area contributed by atoms with Crippen LogP contribution in [-0.2, 0) is 4.74 Å². The minimum atomic E-state index is -0.306. The molecule has 0 unspecified atom stereocenters. The summed E-state index contributed by atoms with van der Waals surface area (Å²) in [5, 5.41) is 4.51. The third-order valence-electron chi connectivity index (χ3n) is 4.12. The maximum atomic E-state index is 11.7. The zero-order chi connectivity index (χ0) is 18.0. The Labute approximate surface area is 160 Å². The van der Waals surface area contributed by atoms with Crippen LogP contribution in [0.4, 0.5) is 11.5 Å². The van der Waals surface area contributed by atoms with Crippen molar-refractivity contribution in [1.82, 2.24) is 4.98 Å². The number of hydrogen-bond acceptors (Lipinski definition) is 4. The lowest BCUT2D eigenvalue weighted by atomic mass is 10.0. The predicted molar refractivity (Wildman–Crippen MR) is 109 cm³/mol. The first-order valence-corrected chi connectivity index (χ1v) is 8.40. The van der Waals surface area contributed by atoms with Crippen LogP contribution in [0.1, 0.15) is 34.0 Å². The molecular formula is C21H23ClN2O2. The van der Waals surface area contributed by atoms with E-state index in [0.717, 1.165) is 17.0 Å². The number of aromatic nitrogens is 1. The van der Waals surface area contributed by atoms with Crippen molar-refractivity contribution in [1.29, 1.82) is 0 Å². The van der Waals surface area contributed by atoms with Gasteiger partial charge in [0.05, 0.1) is 17.7 Å². The molecule has 0 atom stereocenters. The first-order chi connectivity index (χ1) is 12.0. The molecule has 0 amide bonds. The number of hydrogen-bond donors (Lipinski definition) is 1. The summed E-state index contributed by atoms with van der Waals surface area (Å²) >= 11 is 0. The second-order valence-electron chi connectivity index (χ2n) is 6.22. The molecule has 0 aliphatic rings. The lowest BCUT2D eigenvalue weighted by molar-refractivity contribution is 0.0526. The van der Waals surface area contributed by atoms with Crippen LogP contribution in [-0.4, -0.2) is 17.6 Å². The number of nitrogens with one attached hydrogen (secondary N) is 1. The quantitative estimate of drug-likeness (QED) is 0.616. The number of esters is 1. The molecule has 1 heterocycles. The molecule has 3 rings (SSSR count). The SMILES string of the molecule is CCOC(=O)c1ccc(Nc2cc(C)c3c(C)cc(C)cc3n2)cc1.Cl. The molecule has 0 saturated carbocycles. The molecule has 2 aromatic carbocycles. The van der Waals surface area contributed by atoms with Crippen molar-refractivity contribution in [3.63, 3.8) is 0 Å². The summed E-state index contributed by atoms with van der Waals surface area (Å²) in [5.41, 5.74) is 6.04. The van der Waals surface area contributed by atoms with Gasteiger partial charge in [-0.25, -0.2) is 9.78 Å². The molecule has 0 aliphatic heterocycles. The largest absolute Gasteiger partial charge is 0.462 e. The first kappa shape index (κ1) is 19.7. The lowest BCUT2D eigenvalue weighted by Crippen LogP contribution is -2.04. The number of fused-ring (bicyclic) bond motifs is 1. The van der Waals surface area contributed by atoms with Crippen molar-refractivity contribution in [2.24, 2.45) is 0 Å². The molecule has 136 valence electrons. The fourth-order valence-corrected chi connectivity index (χ4v) is 3.10. The van der Waals surface area contributed by atoms with Gasteiger partial charge < -0.3 is 10.1 Å². The van der Waals surface area contributed by atoms with Gasteiger partial charge >= 0.3 is 5.97 Å². The van der Waals surface area contributed by atoms with Gasteiger partial charge in [0, 0.05) is 11.1 Å². The van der Waals surface area contributed by atoms with Crippen molar-refractivity contribution in [3.05, 3.63) is 64.7 Å². The number of halogens is 1. The van der Waals surface area contributed by atoms with E-state index in [9.17, 15) is 4.79 Å². The molecular weight excluding hydrogens is 348 g/mol. The first-order valence-electron chi connectivity index (χ1n) is 8.40. The number of pyridine rings is 1. The lowest BCUT2D eigenvalue weighted by Gasteiger charge is -2.12. The van der Waals surface area contributed by atoms with Gasteiger partial charge in [0.1, 0.15) is 5.82 Å². The maximum absolute atomic E-state index is 11.7. The smallest absolute Gasteiger partial charge is 0.338 e. The van der Waals surface area contributed by atoms with Gasteiger partial charge in [0.25, 0.3) is 0 Å². The molecule has 1 aromatic heterocycles. The van der Waals surface area contributed by atoms with Crippen LogP contribution in [0.2, 0.25) is 0 Å². The topological polar surface area (TPSA) is 51.2 Å². The number of nitrogens with zero attached hydrogens (tertiary/aromatic N) is 1. The van der Waals surface area contributed by atoms with Gasteiger partial charge in [-0.1, -0.05) is 6.07 Å². The van der Waals surface area contributed by atoms with E-state index < -0.39 is 0 Å². The van der Waals surface area contributed by atoms with Crippen LogP contribution in [0.5, 0.6) is 0 Å². The summed E-state index contributed by atoms with van der Waals surface area (Å²) in [5.74, 6) is 0.485. The summed E-state index contributed by atoms with van der Waals surface area (Å²) in [4.78, 5) is 16.5. The molecule has 0 saturated heterocycles. The van der Waals surface area contributed by atoms with E-state index in [1.165, 1.54) is 22.1 Å². The van der Waals surface area contributed by atoms with Gasteiger partial charge in [-0.05, 0) is 80.8 Å². The third kappa shape index (κ3) is 4.14. The number of benzene rings is 2. The van der Waals surface area contributed by atoms with Gasteiger partial charge in [-0.3, -0.25) is 0 Å². The highest BCUT2D eigenvalue weighted by Crippen LogP contribution is 2.26. The molecule has 0 spiro atoms. The van der Waals surface area contributed by atoms with E-state index in [1.54, 1.807) is 19.1 Å². The molecule has 26 heavy (non-hydrogen) atoms. The van der Waals surface area contributed by atoms with Crippen LogP contribution >= 0.6 is 12.4 Å². The summed E-state index contributed by atoms with van der Waals surface area (Å²) < 4.78 is 5.00. The van der Waals surface area contributed by atoms with Crippen molar-refractivity contribution in [2.75, 3.05) is 11.9 Å². The monoisotopic (exact) mass is 370 g/mol. The van der Waals surface area contributed by atoms with Crippen LogP contribution in [0, 0.1) is 20.8 Å². The molecule has 5 heteroatoms. The zero-order valence-corrected chi connectivity index (χ0v) is 16.2. The Hall–Kier alpha value is -2.59. The van der Waals surface area contributed by atoms with E-state index >= 15 is 0 Å². The highest BCUT2D eigenvalue weighted by atomic mass is 35.5. The van der Waals surface area contributed by atoms with Crippen molar-refractivity contribution >= 4 is 40.8 Å². The Morgan fingerprint density at radius 2 is 1.69 bits per heavy atom. The highest BCUT2D eigenvalue weighted by molar-refractivity contribution is 5.90. The number of aryl methyl sites for hydroxylation is 3. The molecule has 0 bridgehead atoms. The molecule has 0 fully saturated rings. The number of carbonyl (C=O) groups excluding carboxylic acids is 1. The number of carbonyl (C=O) groups is 1. The van der Waals surface area contributed by atoms with Crippen LogP contribution in [0.25, 0.3) is 10.9 Å². The Bertz CT molecular complexity index is 937.